The van der Waals surface area contributed by atoms with Gasteiger partial charge in [0.25, 0.3) is 0 Å². The van der Waals surface area contributed by atoms with Gasteiger partial charge in [-0.25, -0.2) is 4.57 Å². The number of phosphoric ester groups is 1. The molecule has 2 atom stereocenters. The topological polar surface area (TPSA) is 87.3 Å². The SMILES string of the molecule is CCCCCCCCCCCCOc1cccc(OCC(COP(=O)(O)Oc2ccc(C[n+]3ccsc3)cc2)OC)c1C. The summed E-state index contributed by atoms with van der Waals surface area (Å²) in [5.74, 6) is 1.72. The lowest BCUT2D eigenvalue weighted by molar-refractivity contribution is -0.683. The number of ether oxygens (including phenoxy) is 3. The second kappa shape index (κ2) is 19.8. The smallest absolute Gasteiger partial charge is 0.493 e. The number of benzene rings is 2. The van der Waals surface area contributed by atoms with Crippen LogP contribution in [0.5, 0.6) is 17.2 Å². The zero-order chi connectivity index (χ0) is 30.8. The van der Waals surface area contributed by atoms with Gasteiger partial charge in [-0.3, -0.25) is 9.42 Å². The molecule has 1 heterocycles. The van der Waals surface area contributed by atoms with Crippen molar-refractivity contribution in [3.63, 3.8) is 0 Å². The fraction of sp³-hybridized carbons (Fsp3) is 0.545. The maximum atomic E-state index is 12.6. The molecule has 238 valence electrons. The van der Waals surface area contributed by atoms with Crippen molar-refractivity contribution in [1.82, 2.24) is 0 Å². The zero-order valence-electron chi connectivity index (χ0n) is 25.9. The number of phosphoric acid groups is 1. The molecule has 8 nitrogen and oxygen atoms in total. The molecule has 3 aromatic rings. The molecule has 0 aliphatic heterocycles. The Morgan fingerprint density at radius 2 is 1.53 bits per heavy atom. The first-order chi connectivity index (χ1) is 20.9. The van der Waals surface area contributed by atoms with Crippen molar-refractivity contribution in [2.45, 2.75) is 90.7 Å². The van der Waals surface area contributed by atoms with E-state index in [0.717, 1.165) is 23.3 Å². The van der Waals surface area contributed by atoms with Gasteiger partial charge in [0, 0.05) is 18.2 Å². The highest BCUT2D eigenvalue weighted by atomic mass is 32.1. The Kier molecular flexibility index (Phi) is 16.1. The van der Waals surface area contributed by atoms with Crippen molar-refractivity contribution in [3.05, 3.63) is 70.7 Å². The summed E-state index contributed by atoms with van der Waals surface area (Å²) in [5, 5.41) is 2.00. The molecule has 3 rings (SSSR count). The highest BCUT2D eigenvalue weighted by Gasteiger charge is 2.26. The summed E-state index contributed by atoms with van der Waals surface area (Å²) in [6, 6.07) is 12.7. The van der Waals surface area contributed by atoms with Crippen LogP contribution in [0.4, 0.5) is 0 Å². The number of thiazole rings is 1. The molecule has 0 fully saturated rings. The van der Waals surface area contributed by atoms with Crippen LogP contribution in [0.2, 0.25) is 0 Å². The number of hydrogen-bond donors (Lipinski definition) is 1. The van der Waals surface area contributed by atoms with Crippen LogP contribution in [0.3, 0.4) is 0 Å². The number of rotatable bonds is 23. The van der Waals surface area contributed by atoms with E-state index in [1.54, 1.807) is 23.5 Å². The first-order valence-electron chi connectivity index (χ1n) is 15.4. The molecule has 0 bridgehead atoms. The lowest BCUT2D eigenvalue weighted by Gasteiger charge is -2.20. The van der Waals surface area contributed by atoms with Gasteiger partial charge in [-0.05, 0) is 49.7 Å². The summed E-state index contributed by atoms with van der Waals surface area (Å²) in [5.41, 5.74) is 3.97. The van der Waals surface area contributed by atoms with Crippen LogP contribution in [0.1, 0.15) is 82.3 Å². The van der Waals surface area contributed by atoms with E-state index in [2.05, 4.69) is 11.5 Å². The third-order valence-corrected chi connectivity index (χ3v) is 8.80. The van der Waals surface area contributed by atoms with E-state index < -0.39 is 13.9 Å². The predicted octanol–water partition coefficient (Wildman–Crippen LogP) is 8.28. The fourth-order valence-electron chi connectivity index (χ4n) is 4.60. The van der Waals surface area contributed by atoms with Gasteiger partial charge in [0.15, 0.2) is 12.7 Å². The molecular weight excluding hydrogens is 585 g/mol. The number of methoxy groups -OCH3 is 1. The first-order valence-corrected chi connectivity index (χ1v) is 17.9. The van der Waals surface area contributed by atoms with Gasteiger partial charge >= 0.3 is 7.82 Å². The average molecular weight is 635 g/mol. The Hall–Kier alpha value is -2.42. The van der Waals surface area contributed by atoms with Gasteiger partial charge in [-0.2, -0.15) is 4.57 Å². The first kappa shape index (κ1) is 35.1. The maximum Gasteiger partial charge on any atom is 0.527 e. The second-order valence-corrected chi connectivity index (χ2v) is 12.9. The minimum atomic E-state index is -4.36. The highest BCUT2D eigenvalue weighted by Crippen LogP contribution is 2.44. The van der Waals surface area contributed by atoms with E-state index in [9.17, 15) is 9.46 Å². The largest absolute Gasteiger partial charge is 0.527 e. The Morgan fingerprint density at radius 1 is 0.884 bits per heavy atom. The summed E-state index contributed by atoms with van der Waals surface area (Å²) in [6.45, 7) is 5.56. The summed E-state index contributed by atoms with van der Waals surface area (Å²) in [6.07, 6.45) is 14.3. The minimum absolute atomic E-state index is 0.133. The van der Waals surface area contributed by atoms with Gasteiger partial charge in [0.2, 0.25) is 5.51 Å². The minimum Gasteiger partial charge on any atom is -0.493 e. The lowest BCUT2D eigenvalue weighted by Crippen LogP contribution is -2.30. The van der Waals surface area contributed by atoms with Crippen LogP contribution in [-0.2, 0) is 20.4 Å². The van der Waals surface area contributed by atoms with Crippen LogP contribution < -0.4 is 18.6 Å². The highest BCUT2D eigenvalue weighted by molar-refractivity contribution is 7.47. The van der Waals surface area contributed by atoms with Gasteiger partial charge in [-0.1, -0.05) is 82.1 Å². The number of unbranched alkanes of at least 4 members (excludes halogenated alkanes) is 9. The Morgan fingerprint density at radius 3 is 2.16 bits per heavy atom. The number of nitrogens with zero attached hydrogens (tertiary/aromatic N) is 1. The zero-order valence-corrected chi connectivity index (χ0v) is 27.7. The van der Waals surface area contributed by atoms with Crippen molar-refractivity contribution in [2.24, 2.45) is 0 Å². The van der Waals surface area contributed by atoms with Gasteiger partial charge in [0.05, 0.1) is 18.6 Å². The van der Waals surface area contributed by atoms with Gasteiger partial charge in [-0.15, -0.1) is 0 Å². The van der Waals surface area contributed by atoms with Gasteiger partial charge in [0.1, 0.15) is 30.0 Å². The molecule has 1 aromatic heterocycles. The van der Waals surface area contributed by atoms with E-state index in [4.69, 9.17) is 23.3 Å². The molecule has 0 saturated carbocycles. The molecule has 0 spiro atoms. The van der Waals surface area contributed by atoms with Crippen LogP contribution in [0, 0.1) is 6.92 Å². The molecule has 2 unspecified atom stereocenters. The normalized spacial score (nSPS) is 13.4. The standard InChI is InChI=1S/C33H48NO7PS/c1-4-5-6-7-8-9-10-11-12-13-22-38-32-15-14-16-33(28(32)2)39-25-31(37-3)26-40-42(35,36)41-30-19-17-29(18-20-30)24-34-21-23-43-27-34/h14-21,23,27,31H,4-13,22,24-26H2,1-3H3/p+1. The van der Waals surface area contributed by atoms with Crippen molar-refractivity contribution < 1.29 is 37.3 Å². The van der Waals surface area contributed by atoms with E-state index >= 15 is 0 Å². The van der Waals surface area contributed by atoms with Crippen molar-refractivity contribution >= 4 is 19.2 Å². The van der Waals surface area contributed by atoms with Crippen molar-refractivity contribution in [2.75, 3.05) is 26.9 Å². The lowest BCUT2D eigenvalue weighted by atomic mass is 10.1. The molecule has 0 aliphatic rings. The van der Waals surface area contributed by atoms with E-state index in [1.165, 1.54) is 64.9 Å². The maximum absolute atomic E-state index is 12.6. The Labute approximate surface area is 261 Å². The monoisotopic (exact) mass is 634 g/mol. The predicted molar refractivity (Wildman–Crippen MR) is 171 cm³/mol. The molecule has 0 radical (unpaired) electrons. The van der Waals surface area contributed by atoms with Crippen LogP contribution >= 0.6 is 19.2 Å². The summed E-state index contributed by atoms with van der Waals surface area (Å²) < 4.78 is 42.5. The quantitative estimate of drug-likeness (QED) is 0.0638. The van der Waals surface area contributed by atoms with Crippen LogP contribution in [0.15, 0.2) is 59.6 Å². The average Bonchev–Trinajstić information content (AvgIpc) is 3.51. The van der Waals surface area contributed by atoms with E-state index in [-0.39, 0.29) is 19.0 Å². The van der Waals surface area contributed by atoms with Crippen LogP contribution in [-0.4, -0.2) is 37.9 Å². The molecule has 0 amide bonds. The van der Waals surface area contributed by atoms with Crippen molar-refractivity contribution in [3.8, 4) is 17.2 Å². The third-order valence-electron chi connectivity index (χ3n) is 7.21. The van der Waals surface area contributed by atoms with Crippen LogP contribution in [0.25, 0.3) is 0 Å². The van der Waals surface area contributed by atoms with E-state index in [0.29, 0.717) is 18.9 Å². The second-order valence-electron chi connectivity index (χ2n) is 10.8. The molecule has 0 aliphatic carbocycles. The number of hydrogen-bond acceptors (Lipinski definition) is 7. The Balaban J connectivity index is 1.35. The molecule has 10 heteroatoms. The molecule has 0 saturated heterocycles. The van der Waals surface area contributed by atoms with Crippen molar-refractivity contribution in [1.29, 1.82) is 0 Å². The molecule has 2 aromatic carbocycles. The van der Waals surface area contributed by atoms with E-state index in [1.807, 2.05) is 54.3 Å². The summed E-state index contributed by atoms with van der Waals surface area (Å²) in [7, 11) is -2.85. The molecule has 1 N–H and O–H groups in total. The fourth-order valence-corrected chi connectivity index (χ4v) is 5.99. The molecule has 43 heavy (non-hydrogen) atoms. The summed E-state index contributed by atoms with van der Waals surface area (Å²) >= 11 is 1.62. The third kappa shape index (κ3) is 13.8. The number of aromatic nitrogens is 1. The summed E-state index contributed by atoms with van der Waals surface area (Å²) in [4.78, 5) is 10.3. The molecular formula is C33H49NO7PS+. The Bertz CT molecular complexity index is 1210. The van der Waals surface area contributed by atoms with Gasteiger partial charge < -0.3 is 18.7 Å².